The first kappa shape index (κ1) is 13.2. The minimum absolute atomic E-state index is 0.0686. The molecular weight excluding hydrogens is 273 g/mol. The molecule has 0 unspecified atom stereocenters. The van der Waals surface area contributed by atoms with E-state index in [9.17, 15) is 9.18 Å². The molecule has 0 spiro atoms. The molecule has 1 amide bonds. The number of methoxy groups -OCH3 is 1. The number of nitrogens with zero attached hydrogens (tertiary/aromatic N) is 2. The predicted molar refractivity (Wildman–Crippen MR) is 67.9 cm³/mol. The summed E-state index contributed by atoms with van der Waals surface area (Å²) in [4.78, 5) is 19.5. The summed E-state index contributed by atoms with van der Waals surface area (Å²) >= 11 is 5.64. The second-order valence-electron chi connectivity index (χ2n) is 3.53. The first-order chi connectivity index (χ1) is 9.10. The van der Waals surface area contributed by atoms with Crippen LogP contribution < -0.4 is 10.1 Å². The normalized spacial score (nSPS) is 10.1. The number of hydrogen-bond acceptors (Lipinski definition) is 4. The molecule has 0 atom stereocenters. The van der Waals surface area contributed by atoms with Gasteiger partial charge in [-0.15, -0.1) is 0 Å². The Morgan fingerprint density at radius 3 is 2.84 bits per heavy atom. The molecule has 1 aromatic carbocycles. The Bertz CT molecular complexity index is 622. The number of anilines is 1. The highest BCUT2D eigenvalue weighted by molar-refractivity contribution is 6.29. The van der Waals surface area contributed by atoms with Crippen LogP contribution in [0.15, 0.2) is 30.6 Å². The molecule has 0 fully saturated rings. The lowest BCUT2D eigenvalue weighted by atomic mass is 10.2. The molecule has 7 heteroatoms. The van der Waals surface area contributed by atoms with Gasteiger partial charge < -0.3 is 10.1 Å². The van der Waals surface area contributed by atoms with Crippen LogP contribution in [0.1, 0.15) is 10.4 Å². The fraction of sp³-hybridized carbons (Fsp3) is 0.0833. The van der Waals surface area contributed by atoms with Crippen LogP contribution >= 0.6 is 11.6 Å². The Hall–Kier alpha value is -2.21. The van der Waals surface area contributed by atoms with Crippen LogP contribution in [0.25, 0.3) is 0 Å². The van der Waals surface area contributed by atoms with Gasteiger partial charge in [0.15, 0.2) is 17.4 Å². The largest absolute Gasteiger partial charge is 0.494 e. The molecule has 0 bridgehead atoms. The number of rotatable bonds is 3. The van der Waals surface area contributed by atoms with Gasteiger partial charge in [0.25, 0.3) is 5.91 Å². The van der Waals surface area contributed by atoms with Gasteiger partial charge in [0, 0.05) is 5.56 Å². The third kappa shape index (κ3) is 3.17. The summed E-state index contributed by atoms with van der Waals surface area (Å²) in [7, 11) is 1.35. The summed E-state index contributed by atoms with van der Waals surface area (Å²) in [5, 5.41) is 2.61. The molecule has 1 heterocycles. The van der Waals surface area contributed by atoms with Crippen molar-refractivity contribution in [3.8, 4) is 5.75 Å². The molecule has 1 N–H and O–H groups in total. The molecule has 0 saturated carbocycles. The zero-order valence-electron chi connectivity index (χ0n) is 9.85. The number of carbonyl (C=O) groups is 1. The van der Waals surface area contributed by atoms with Crippen molar-refractivity contribution in [2.24, 2.45) is 0 Å². The Labute approximate surface area is 113 Å². The number of halogens is 2. The van der Waals surface area contributed by atoms with E-state index in [-0.39, 0.29) is 22.3 Å². The van der Waals surface area contributed by atoms with E-state index in [0.29, 0.717) is 0 Å². The number of aromatic nitrogens is 2. The highest BCUT2D eigenvalue weighted by Crippen LogP contribution is 2.18. The zero-order valence-corrected chi connectivity index (χ0v) is 10.6. The van der Waals surface area contributed by atoms with E-state index in [2.05, 4.69) is 15.3 Å². The van der Waals surface area contributed by atoms with E-state index in [1.165, 1.54) is 31.6 Å². The van der Waals surface area contributed by atoms with Gasteiger partial charge in [-0.25, -0.2) is 9.37 Å². The van der Waals surface area contributed by atoms with Crippen LogP contribution in [0.4, 0.5) is 10.2 Å². The van der Waals surface area contributed by atoms with Gasteiger partial charge >= 0.3 is 0 Å². The van der Waals surface area contributed by atoms with Crippen molar-refractivity contribution in [1.29, 1.82) is 0 Å². The fourth-order valence-electron chi connectivity index (χ4n) is 1.40. The highest BCUT2D eigenvalue weighted by atomic mass is 35.5. The average Bonchev–Trinajstić information content (AvgIpc) is 2.38. The Morgan fingerprint density at radius 2 is 2.21 bits per heavy atom. The fourth-order valence-corrected chi connectivity index (χ4v) is 1.55. The Balaban J connectivity index is 2.18. The number of nitrogens with one attached hydrogen (secondary N) is 1. The lowest BCUT2D eigenvalue weighted by Gasteiger charge is -2.06. The maximum Gasteiger partial charge on any atom is 0.256 e. The summed E-state index contributed by atoms with van der Waals surface area (Å²) in [6.07, 6.45) is 2.67. The minimum atomic E-state index is -0.618. The van der Waals surface area contributed by atoms with Crippen LogP contribution in [0.3, 0.4) is 0 Å². The molecule has 0 saturated heterocycles. The van der Waals surface area contributed by atoms with Gasteiger partial charge in [-0.05, 0) is 18.2 Å². The van der Waals surface area contributed by atoms with Crippen LogP contribution in [0.2, 0.25) is 5.15 Å². The zero-order chi connectivity index (χ0) is 13.8. The summed E-state index contributed by atoms with van der Waals surface area (Å²) < 4.78 is 18.2. The lowest BCUT2D eigenvalue weighted by molar-refractivity contribution is 0.102. The SMILES string of the molecule is COc1ccc(C(=O)Nc2cncc(Cl)n2)cc1F. The molecule has 19 heavy (non-hydrogen) atoms. The lowest BCUT2D eigenvalue weighted by Crippen LogP contribution is -2.13. The smallest absolute Gasteiger partial charge is 0.256 e. The van der Waals surface area contributed by atoms with E-state index in [0.717, 1.165) is 6.07 Å². The van der Waals surface area contributed by atoms with Crippen molar-refractivity contribution >= 4 is 23.3 Å². The number of carbonyl (C=O) groups excluding carboxylic acids is 1. The van der Waals surface area contributed by atoms with Crippen LogP contribution in [-0.4, -0.2) is 23.0 Å². The number of hydrogen-bond donors (Lipinski definition) is 1. The minimum Gasteiger partial charge on any atom is -0.494 e. The third-order valence-electron chi connectivity index (χ3n) is 2.26. The van der Waals surface area contributed by atoms with E-state index >= 15 is 0 Å². The van der Waals surface area contributed by atoms with Gasteiger partial charge in [-0.3, -0.25) is 9.78 Å². The first-order valence-electron chi connectivity index (χ1n) is 5.22. The highest BCUT2D eigenvalue weighted by Gasteiger charge is 2.11. The van der Waals surface area contributed by atoms with Crippen molar-refractivity contribution < 1.29 is 13.9 Å². The summed E-state index contributed by atoms with van der Waals surface area (Å²) in [5.74, 6) is -0.877. The third-order valence-corrected chi connectivity index (χ3v) is 2.44. The topological polar surface area (TPSA) is 64.1 Å². The molecule has 5 nitrogen and oxygen atoms in total. The number of benzene rings is 1. The van der Waals surface area contributed by atoms with Crippen LogP contribution in [-0.2, 0) is 0 Å². The number of ether oxygens (including phenoxy) is 1. The molecule has 2 aromatic rings. The molecular formula is C12H9ClFN3O2. The van der Waals surface area contributed by atoms with Gasteiger partial charge in [0.05, 0.1) is 19.5 Å². The maximum atomic E-state index is 13.5. The predicted octanol–water partition coefficient (Wildman–Crippen LogP) is 2.53. The van der Waals surface area contributed by atoms with Crippen molar-refractivity contribution in [3.05, 3.63) is 47.1 Å². The van der Waals surface area contributed by atoms with Gasteiger partial charge in [-0.1, -0.05) is 11.6 Å². The summed E-state index contributed by atoms with van der Waals surface area (Å²) in [5.41, 5.74) is 0.139. The van der Waals surface area contributed by atoms with Gasteiger partial charge in [0.1, 0.15) is 5.15 Å². The van der Waals surface area contributed by atoms with Crippen molar-refractivity contribution in [1.82, 2.24) is 9.97 Å². The van der Waals surface area contributed by atoms with Gasteiger partial charge in [0.2, 0.25) is 0 Å². The van der Waals surface area contributed by atoms with E-state index in [4.69, 9.17) is 16.3 Å². The average molecular weight is 282 g/mol. The van der Waals surface area contributed by atoms with Crippen molar-refractivity contribution in [3.63, 3.8) is 0 Å². The molecule has 0 aliphatic carbocycles. The summed E-state index contributed by atoms with van der Waals surface area (Å²) in [6.45, 7) is 0. The Morgan fingerprint density at radius 1 is 1.42 bits per heavy atom. The molecule has 0 aliphatic heterocycles. The first-order valence-corrected chi connectivity index (χ1v) is 5.60. The number of amides is 1. The monoisotopic (exact) mass is 281 g/mol. The molecule has 1 aromatic heterocycles. The van der Waals surface area contributed by atoms with E-state index in [1.807, 2.05) is 0 Å². The summed E-state index contributed by atoms with van der Waals surface area (Å²) in [6, 6.07) is 3.88. The Kier molecular flexibility index (Phi) is 3.91. The second kappa shape index (κ2) is 5.62. The quantitative estimate of drug-likeness (QED) is 0.939. The second-order valence-corrected chi connectivity index (χ2v) is 3.92. The molecule has 98 valence electrons. The van der Waals surface area contributed by atoms with E-state index < -0.39 is 11.7 Å². The molecule has 0 radical (unpaired) electrons. The standard InChI is InChI=1S/C12H9ClFN3O2/c1-19-9-3-2-7(4-8(9)14)12(18)17-11-6-15-5-10(13)16-11/h2-6H,1H3,(H,16,17,18). The van der Waals surface area contributed by atoms with Gasteiger partial charge in [-0.2, -0.15) is 0 Å². The molecule has 0 aliphatic rings. The van der Waals surface area contributed by atoms with Crippen LogP contribution in [0, 0.1) is 5.82 Å². The maximum absolute atomic E-state index is 13.5. The van der Waals surface area contributed by atoms with E-state index in [1.54, 1.807) is 0 Å². The van der Waals surface area contributed by atoms with Crippen molar-refractivity contribution in [2.75, 3.05) is 12.4 Å². The molecule has 2 rings (SSSR count). The van der Waals surface area contributed by atoms with Crippen LogP contribution in [0.5, 0.6) is 5.75 Å². The van der Waals surface area contributed by atoms with Crippen molar-refractivity contribution in [2.45, 2.75) is 0 Å².